The summed E-state index contributed by atoms with van der Waals surface area (Å²) in [5.74, 6) is 2.85. The van der Waals surface area contributed by atoms with Crippen LogP contribution in [0.1, 0.15) is 18.6 Å². The SMILES string of the molecule is CCc1nc2ccccc2n1-c1nc(N2CCOCC2)c2nc(C3(O)CNC3)n(C)c2n1. The first-order valence-corrected chi connectivity index (χ1v) is 11.1. The van der Waals surface area contributed by atoms with Crippen LogP contribution in [0.25, 0.3) is 28.1 Å². The van der Waals surface area contributed by atoms with Crippen molar-refractivity contribution >= 4 is 28.0 Å². The van der Waals surface area contributed by atoms with Crippen molar-refractivity contribution in [1.82, 2.24) is 34.4 Å². The number of ether oxygens (including phenoxy) is 1. The molecule has 1 aromatic carbocycles. The van der Waals surface area contributed by atoms with Crippen molar-refractivity contribution in [3.05, 3.63) is 35.9 Å². The van der Waals surface area contributed by atoms with Crippen molar-refractivity contribution in [3.8, 4) is 5.95 Å². The molecule has 4 aromatic rings. The highest BCUT2D eigenvalue weighted by molar-refractivity contribution is 5.86. The summed E-state index contributed by atoms with van der Waals surface area (Å²) in [6, 6.07) is 8.04. The van der Waals surface area contributed by atoms with E-state index < -0.39 is 5.60 Å². The van der Waals surface area contributed by atoms with E-state index in [-0.39, 0.29) is 0 Å². The van der Waals surface area contributed by atoms with E-state index in [1.165, 1.54) is 0 Å². The number of hydrogen-bond acceptors (Lipinski definition) is 8. The lowest BCUT2D eigenvalue weighted by Crippen LogP contribution is -2.57. The fourth-order valence-electron chi connectivity index (χ4n) is 4.60. The van der Waals surface area contributed by atoms with Crippen LogP contribution in [0, 0.1) is 0 Å². The van der Waals surface area contributed by atoms with Crippen LogP contribution in [0.4, 0.5) is 5.82 Å². The number of para-hydroxylation sites is 2. The second-order valence-electron chi connectivity index (χ2n) is 8.45. The zero-order chi connectivity index (χ0) is 21.9. The van der Waals surface area contributed by atoms with Crippen LogP contribution >= 0.6 is 0 Å². The van der Waals surface area contributed by atoms with Crippen LogP contribution in [-0.2, 0) is 23.8 Å². The second kappa shape index (κ2) is 7.22. The smallest absolute Gasteiger partial charge is 0.239 e. The van der Waals surface area contributed by atoms with Gasteiger partial charge in [-0.2, -0.15) is 9.97 Å². The molecule has 0 unspecified atom stereocenters. The largest absolute Gasteiger partial charge is 0.379 e. The Morgan fingerprint density at radius 1 is 1.09 bits per heavy atom. The average Bonchev–Trinajstić information content (AvgIpc) is 3.35. The van der Waals surface area contributed by atoms with Gasteiger partial charge in [-0.15, -0.1) is 0 Å². The van der Waals surface area contributed by atoms with Crippen LogP contribution in [0.2, 0.25) is 0 Å². The monoisotopic (exact) mass is 434 g/mol. The highest BCUT2D eigenvalue weighted by Gasteiger charge is 2.41. The third kappa shape index (κ3) is 2.83. The normalized spacial score (nSPS) is 18.4. The molecule has 2 N–H and O–H groups in total. The highest BCUT2D eigenvalue weighted by atomic mass is 16.5. The first kappa shape index (κ1) is 19.6. The molecule has 32 heavy (non-hydrogen) atoms. The number of nitrogens with one attached hydrogen (secondary N) is 1. The van der Waals surface area contributed by atoms with Crippen LogP contribution in [0.15, 0.2) is 24.3 Å². The Bertz CT molecular complexity index is 1320. The second-order valence-corrected chi connectivity index (χ2v) is 8.45. The molecular weight excluding hydrogens is 408 g/mol. The fourth-order valence-corrected chi connectivity index (χ4v) is 4.60. The quantitative estimate of drug-likeness (QED) is 0.488. The first-order valence-electron chi connectivity index (χ1n) is 11.1. The molecule has 2 aliphatic heterocycles. The Balaban J connectivity index is 1.62. The summed E-state index contributed by atoms with van der Waals surface area (Å²) < 4.78 is 9.50. The molecule has 2 aliphatic rings. The number of hydrogen-bond donors (Lipinski definition) is 2. The molecule has 5 heterocycles. The first-order chi connectivity index (χ1) is 15.6. The summed E-state index contributed by atoms with van der Waals surface area (Å²) >= 11 is 0. The van der Waals surface area contributed by atoms with Crippen molar-refractivity contribution in [2.24, 2.45) is 7.05 Å². The molecule has 3 aromatic heterocycles. The summed E-state index contributed by atoms with van der Waals surface area (Å²) in [6.07, 6.45) is 0.755. The van der Waals surface area contributed by atoms with E-state index >= 15 is 0 Å². The number of fused-ring (bicyclic) bond motifs is 2. The summed E-state index contributed by atoms with van der Waals surface area (Å²) in [4.78, 5) is 21.8. The minimum absolute atomic E-state index is 0.476. The van der Waals surface area contributed by atoms with Gasteiger partial charge in [0, 0.05) is 39.6 Å². The van der Waals surface area contributed by atoms with Crippen LogP contribution < -0.4 is 10.2 Å². The Morgan fingerprint density at radius 3 is 2.59 bits per heavy atom. The van der Waals surface area contributed by atoms with Crippen molar-refractivity contribution in [2.75, 3.05) is 44.3 Å². The summed E-state index contributed by atoms with van der Waals surface area (Å²) in [5, 5.41) is 14.1. The standard InChI is InChI=1S/C22H26N8O2/c1-3-16-24-14-6-4-5-7-15(14)30(16)21-26-18-17(19(27-21)29-8-10-32-11-9-29)25-20(28(18)2)22(31)12-23-13-22/h4-7,23,31H,3,8-13H2,1-2H3. The minimum Gasteiger partial charge on any atom is -0.379 e. The van der Waals surface area contributed by atoms with Gasteiger partial charge >= 0.3 is 0 Å². The molecule has 0 saturated carbocycles. The number of benzene rings is 1. The van der Waals surface area contributed by atoms with Gasteiger partial charge in [-0.3, -0.25) is 4.57 Å². The highest BCUT2D eigenvalue weighted by Crippen LogP contribution is 2.32. The van der Waals surface area contributed by atoms with E-state index in [2.05, 4.69) is 17.1 Å². The zero-order valence-corrected chi connectivity index (χ0v) is 18.2. The number of β-amino-alcohol motifs (C(OH)–C–C–N with tert-alkyl or cyclic N) is 1. The van der Waals surface area contributed by atoms with Crippen LogP contribution in [0.3, 0.4) is 0 Å². The minimum atomic E-state index is -0.992. The topological polar surface area (TPSA) is 106 Å². The molecule has 6 rings (SSSR count). The maximum Gasteiger partial charge on any atom is 0.239 e. The lowest BCUT2D eigenvalue weighted by Gasteiger charge is -2.36. The molecule has 0 atom stereocenters. The van der Waals surface area contributed by atoms with Gasteiger partial charge in [-0.1, -0.05) is 19.1 Å². The van der Waals surface area contributed by atoms with Crippen LogP contribution in [0.5, 0.6) is 0 Å². The van der Waals surface area contributed by atoms with E-state index in [4.69, 9.17) is 24.7 Å². The molecule has 0 amide bonds. The third-order valence-electron chi connectivity index (χ3n) is 6.40. The summed E-state index contributed by atoms with van der Waals surface area (Å²) in [5.41, 5.74) is 2.30. The summed E-state index contributed by atoms with van der Waals surface area (Å²) in [7, 11) is 1.91. The van der Waals surface area contributed by atoms with Gasteiger partial charge in [0.2, 0.25) is 5.95 Å². The van der Waals surface area contributed by atoms with Gasteiger partial charge in [0.25, 0.3) is 0 Å². The number of rotatable bonds is 4. The molecule has 10 nitrogen and oxygen atoms in total. The molecule has 10 heteroatoms. The zero-order valence-electron chi connectivity index (χ0n) is 18.2. The molecule has 0 radical (unpaired) electrons. The Morgan fingerprint density at radius 2 is 1.88 bits per heavy atom. The molecule has 2 fully saturated rings. The van der Waals surface area contributed by atoms with Crippen molar-refractivity contribution in [1.29, 1.82) is 0 Å². The molecular formula is C22H26N8O2. The Kier molecular flexibility index (Phi) is 4.42. The average molecular weight is 435 g/mol. The van der Waals surface area contributed by atoms with E-state index in [9.17, 15) is 5.11 Å². The number of anilines is 1. The number of nitrogens with zero attached hydrogens (tertiary/aromatic N) is 7. The van der Waals surface area contributed by atoms with Crippen molar-refractivity contribution in [3.63, 3.8) is 0 Å². The number of morpholine rings is 1. The lowest BCUT2D eigenvalue weighted by molar-refractivity contribution is -0.0246. The van der Waals surface area contributed by atoms with Gasteiger partial charge in [0.05, 0.1) is 24.2 Å². The molecule has 0 aliphatic carbocycles. The maximum absolute atomic E-state index is 11.0. The van der Waals surface area contributed by atoms with E-state index in [0.29, 0.717) is 49.2 Å². The van der Waals surface area contributed by atoms with Gasteiger partial charge in [0.1, 0.15) is 17.2 Å². The number of aromatic nitrogens is 6. The summed E-state index contributed by atoms with van der Waals surface area (Å²) in [6.45, 7) is 5.78. The number of aryl methyl sites for hydroxylation is 2. The van der Waals surface area contributed by atoms with Gasteiger partial charge in [0.15, 0.2) is 17.0 Å². The van der Waals surface area contributed by atoms with Gasteiger partial charge < -0.3 is 24.6 Å². The number of imidazole rings is 2. The van der Waals surface area contributed by atoms with E-state index in [0.717, 1.165) is 42.2 Å². The molecule has 0 bridgehead atoms. The Labute approximate surface area is 184 Å². The van der Waals surface area contributed by atoms with Crippen molar-refractivity contribution in [2.45, 2.75) is 18.9 Å². The van der Waals surface area contributed by atoms with E-state index in [1.807, 2.05) is 40.4 Å². The molecule has 166 valence electrons. The van der Waals surface area contributed by atoms with E-state index in [1.54, 1.807) is 0 Å². The van der Waals surface area contributed by atoms with Crippen LogP contribution in [-0.4, -0.2) is 73.6 Å². The number of aliphatic hydroxyl groups is 1. The third-order valence-corrected chi connectivity index (χ3v) is 6.40. The van der Waals surface area contributed by atoms with Crippen molar-refractivity contribution < 1.29 is 9.84 Å². The Hall–Kier alpha value is -3.08. The predicted octanol–water partition coefficient (Wildman–Crippen LogP) is 0.892. The molecule has 2 saturated heterocycles. The van der Waals surface area contributed by atoms with Gasteiger partial charge in [-0.25, -0.2) is 9.97 Å². The maximum atomic E-state index is 11.0. The lowest BCUT2D eigenvalue weighted by atomic mass is 9.96. The predicted molar refractivity (Wildman–Crippen MR) is 120 cm³/mol. The molecule has 0 spiro atoms. The van der Waals surface area contributed by atoms with Gasteiger partial charge in [-0.05, 0) is 12.1 Å². The fraction of sp³-hybridized carbons (Fsp3) is 0.455.